The van der Waals surface area contributed by atoms with Gasteiger partial charge in [0.15, 0.2) is 0 Å². The van der Waals surface area contributed by atoms with Crippen molar-refractivity contribution in [2.45, 2.75) is 0 Å². The first-order chi connectivity index (χ1) is 9.56. The van der Waals surface area contributed by atoms with Crippen molar-refractivity contribution in [3.8, 4) is 0 Å². The molecule has 3 aromatic rings. The van der Waals surface area contributed by atoms with Crippen molar-refractivity contribution in [2.24, 2.45) is 0 Å². The van der Waals surface area contributed by atoms with E-state index >= 15 is 0 Å². The number of hydrogen-bond acceptors (Lipinski definition) is 3. The molecule has 0 unspecified atom stereocenters. The van der Waals surface area contributed by atoms with E-state index < -0.39 is 11.5 Å². The molecule has 0 aliphatic carbocycles. The highest BCUT2D eigenvalue weighted by atomic mass is 35.5. The largest absolute Gasteiger partial charge is 0.366 e. The summed E-state index contributed by atoms with van der Waals surface area (Å²) in [5.41, 5.74) is 0.108. The summed E-state index contributed by atoms with van der Waals surface area (Å²) >= 11 is 11.7. The fourth-order valence-electron chi connectivity index (χ4n) is 1.89. The van der Waals surface area contributed by atoms with Gasteiger partial charge in [-0.2, -0.15) is 0 Å². The van der Waals surface area contributed by atoms with Crippen molar-refractivity contribution in [1.82, 2.24) is 4.74 Å². The molecular weight excluding hydrogens is 301 g/mol. The van der Waals surface area contributed by atoms with Crippen molar-refractivity contribution in [2.75, 3.05) is 0 Å². The molecule has 20 heavy (non-hydrogen) atoms. The minimum absolute atomic E-state index is 0.303. The van der Waals surface area contributed by atoms with E-state index in [1.807, 2.05) is 0 Å². The van der Waals surface area contributed by atoms with Crippen molar-refractivity contribution in [3.63, 3.8) is 0 Å². The molecule has 0 aliphatic heterocycles. The fourth-order valence-corrected chi connectivity index (χ4v) is 2.18. The van der Waals surface area contributed by atoms with Gasteiger partial charge in [-0.3, -0.25) is 4.79 Å². The average Bonchev–Trinajstić information content (AvgIpc) is 2.75. The molecule has 1 heterocycles. The number of carbonyl (C=O) groups excluding carboxylic acids is 1. The Hall–Kier alpha value is -2.04. The molecule has 0 bridgehead atoms. The first-order valence-corrected chi connectivity index (χ1v) is 6.44. The summed E-state index contributed by atoms with van der Waals surface area (Å²) in [7, 11) is 0. The highest BCUT2D eigenvalue weighted by Crippen LogP contribution is 2.19. The molecule has 2 aromatic carbocycles. The maximum atomic E-state index is 12.3. The number of rotatable bonds is 1. The summed E-state index contributed by atoms with van der Waals surface area (Å²) in [6.07, 6.45) is 0. The van der Waals surface area contributed by atoms with Crippen molar-refractivity contribution < 1.29 is 9.32 Å². The molecule has 3 rings (SSSR count). The van der Waals surface area contributed by atoms with Crippen molar-refractivity contribution >= 4 is 40.0 Å². The van der Waals surface area contributed by atoms with Crippen LogP contribution in [0.15, 0.2) is 51.8 Å². The third-order valence-corrected chi connectivity index (χ3v) is 3.34. The molecule has 0 fully saturated rings. The van der Waals surface area contributed by atoms with E-state index in [0.717, 1.165) is 4.74 Å². The number of aromatic nitrogens is 1. The lowest BCUT2D eigenvalue weighted by Gasteiger charge is -2.01. The molecule has 6 heteroatoms. The first-order valence-electron chi connectivity index (χ1n) is 5.68. The Labute approximate surface area is 123 Å². The molecule has 0 atom stereocenters. The number of carbonyl (C=O) groups is 1. The summed E-state index contributed by atoms with van der Waals surface area (Å²) in [4.78, 5) is 24.0. The molecule has 0 aliphatic rings. The number of nitrogens with zero attached hydrogens (tertiary/aromatic N) is 1. The normalized spacial score (nSPS) is 10.9. The summed E-state index contributed by atoms with van der Waals surface area (Å²) in [5, 5.41) is 1.23. The minimum atomic E-state index is -0.584. The zero-order valence-corrected chi connectivity index (χ0v) is 11.5. The minimum Gasteiger partial charge on any atom is -0.327 e. The molecule has 0 N–H and O–H groups in total. The first kappa shape index (κ1) is 13.0. The second-order valence-corrected chi connectivity index (χ2v) is 5.02. The van der Waals surface area contributed by atoms with Gasteiger partial charge in [0.1, 0.15) is 5.52 Å². The van der Waals surface area contributed by atoms with Crippen molar-refractivity contribution in [3.05, 3.63) is 68.5 Å². The highest BCUT2D eigenvalue weighted by molar-refractivity contribution is 6.31. The van der Waals surface area contributed by atoms with E-state index in [1.165, 1.54) is 12.1 Å². The van der Waals surface area contributed by atoms with Crippen LogP contribution in [-0.4, -0.2) is 10.6 Å². The van der Waals surface area contributed by atoms with Crippen LogP contribution in [0.25, 0.3) is 10.9 Å². The molecule has 0 spiro atoms. The predicted octanol–water partition coefficient (Wildman–Crippen LogP) is 3.59. The summed E-state index contributed by atoms with van der Waals surface area (Å²) in [6.45, 7) is 0. The van der Waals surface area contributed by atoms with Gasteiger partial charge in [0, 0.05) is 15.6 Å². The standard InChI is InChI=1S/C14H7Cl2NO3/c15-9-3-1-8(2-4-9)13(18)17-12-7-10(16)5-6-11(12)14(19)20-17/h1-7H. The van der Waals surface area contributed by atoms with Crippen LogP contribution in [0.2, 0.25) is 10.0 Å². The quantitative estimate of drug-likeness (QED) is 0.690. The Kier molecular flexibility index (Phi) is 3.12. The third-order valence-electron chi connectivity index (χ3n) is 2.85. The lowest BCUT2D eigenvalue weighted by molar-refractivity contribution is 0.0850. The van der Waals surface area contributed by atoms with Gasteiger partial charge < -0.3 is 4.52 Å². The van der Waals surface area contributed by atoms with Crippen LogP contribution in [0.4, 0.5) is 0 Å². The van der Waals surface area contributed by atoms with Gasteiger partial charge >= 0.3 is 5.63 Å². The number of benzene rings is 2. The monoisotopic (exact) mass is 307 g/mol. The lowest BCUT2D eigenvalue weighted by Crippen LogP contribution is -2.11. The van der Waals surface area contributed by atoms with E-state index in [2.05, 4.69) is 0 Å². The molecule has 0 amide bonds. The van der Waals surface area contributed by atoms with Crippen LogP contribution in [0.5, 0.6) is 0 Å². The number of fused-ring (bicyclic) bond motifs is 1. The smallest absolute Gasteiger partial charge is 0.327 e. The van der Waals surface area contributed by atoms with Crippen LogP contribution >= 0.6 is 23.2 Å². The van der Waals surface area contributed by atoms with E-state index in [4.69, 9.17) is 27.7 Å². The van der Waals surface area contributed by atoms with Crippen LogP contribution in [0.3, 0.4) is 0 Å². The maximum absolute atomic E-state index is 12.3. The topological polar surface area (TPSA) is 52.2 Å². The van der Waals surface area contributed by atoms with Gasteiger partial charge in [-0.25, -0.2) is 4.79 Å². The van der Waals surface area contributed by atoms with Crippen LogP contribution in [0, 0.1) is 0 Å². The van der Waals surface area contributed by atoms with Gasteiger partial charge in [-0.15, -0.1) is 4.74 Å². The second kappa shape index (κ2) is 4.81. The zero-order chi connectivity index (χ0) is 14.3. The summed E-state index contributed by atoms with van der Waals surface area (Å²) in [6, 6.07) is 10.9. The van der Waals surface area contributed by atoms with Gasteiger partial charge in [0.05, 0.1) is 5.39 Å². The molecule has 0 radical (unpaired) electrons. The van der Waals surface area contributed by atoms with E-state index in [9.17, 15) is 9.59 Å². The van der Waals surface area contributed by atoms with Gasteiger partial charge in [0.25, 0.3) is 5.91 Å². The van der Waals surface area contributed by atoms with Gasteiger partial charge in [-0.05, 0) is 42.5 Å². The summed E-state index contributed by atoms with van der Waals surface area (Å²) < 4.78 is 5.92. The Balaban J connectivity index is 2.19. The van der Waals surface area contributed by atoms with Crippen LogP contribution < -0.4 is 5.63 Å². The van der Waals surface area contributed by atoms with Gasteiger partial charge in [0.2, 0.25) is 0 Å². The molecule has 0 saturated heterocycles. The predicted molar refractivity (Wildman–Crippen MR) is 76.7 cm³/mol. The molecule has 1 aromatic heterocycles. The van der Waals surface area contributed by atoms with E-state index in [0.29, 0.717) is 26.5 Å². The Morgan fingerprint density at radius 1 is 1.00 bits per heavy atom. The number of halogens is 2. The number of hydrogen-bond donors (Lipinski definition) is 0. The Morgan fingerprint density at radius 2 is 1.65 bits per heavy atom. The molecular formula is C14H7Cl2NO3. The maximum Gasteiger partial charge on any atom is 0.366 e. The fraction of sp³-hybridized carbons (Fsp3) is 0. The highest BCUT2D eigenvalue weighted by Gasteiger charge is 2.17. The van der Waals surface area contributed by atoms with Gasteiger partial charge in [-0.1, -0.05) is 23.2 Å². The van der Waals surface area contributed by atoms with Crippen LogP contribution in [0.1, 0.15) is 10.4 Å². The van der Waals surface area contributed by atoms with Crippen molar-refractivity contribution in [1.29, 1.82) is 0 Å². The zero-order valence-electron chi connectivity index (χ0n) is 9.97. The van der Waals surface area contributed by atoms with E-state index in [-0.39, 0.29) is 0 Å². The average molecular weight is 308 g/mol. The third kappa shape index (κ3) is 2.13. The Morgan fingerprint density at radius 3 is 2.35 bits per heavy atom. The Bertz CT molecular complexity index is 862. The molecule has 4 nitrogen and oxygen atoms in total. The molecule has 0 saturated carbocycles. The summed E-state index contributed by atoms with van der Waals surface area (Å²) in [5.74, 6) is -0.462. The van der Waals surface area contributed by atoms with Crippen LogP contribution in [-0.2, 0) is 0 Å². The van der Waals surface area contributed by atoms with E-state index in [1.54, 1.807) is 30.3 Å². The lowest BCUT2D eigenvalue weighted by atomic mass is 10.2. The SMILES string of the molecule is O=C(c1ccc(Cl)cc1)n1oc(=O)c2ccc(Cl)cc21. The second-order valence-electron chi connectivity index (χ2n) is 4.15. The molecule has 100 valence electrons.